The minimum atomic E-state index is -0.795. The standard InChI is InChI=1S/C15H12N2O2S/c18-14(19)6-4-12-9-20-15(17-12)11-3-5-13-10(8-11)2-1-7-16-13/h1-3,5,7-9H,4,6H2,(H,18,19). The van der Waals surface area contributed by atoms with Crippen molar-refractivity contribution < 1.29 is 9.90 Å². The van der Waals surface area contributed by atoms with Gasteiger partial charge in [-0.2, -0.15) is 0 Å². The number of carboxylic acids is 1. The molecule has 0 fully saturated rings. The van der Waals surface area contributed by atoms with Gasteiger partial charge in [-0.3, -0.25) is 9.78 Å². The highest BCUT2D eigenvalue weighted by molar-refractivity contribution is 7.13. The number of hydrogen-bond donors (Lipinski definition) is 1. The number of aliphatic carboxylic acids is 1. The largest absolute Gasteiger partial charge is 0.481 e. The summed E-state index contributed by atoms with van der Waals surface area (Å²) in [6, 6.07) is 9.96. The molecule has 0 aliphatic carbocycles. The fourth-order valence-electron chi connectivity index (χ4n) is 2.00. The van der Waals surface area contributed by atoms with Crippen LogP contribution >= 0.6 is 11.3 Å². The Morgan fingerprint density at radius 1 is 1.30 bits per heavy atom. The van der Waals surface area contributed by atoms with E-state index in [0.29, 0.717) is 6.42 Å². The Bertz CT molecular complexity index is 767. The maximum Gasteiger partial charge on any atom is 0.303 e. The normalized spacial score (nSPS) is 10.8. The summed E-state index contributed by atoms with van der Waals surface area (Å²) in [5.41, 5.74) is 2.83. The minimum Gasteiger partial charge on any atom is -0.481 e. The van der Waals surface area contributed by atoms with Gasteiger partial charge in [-0.25, -0.2) is 4.98 Å². The van der Waals surface area contributed by atoms with Gasteiger partial charge in [0.2, 0.25) is 0 Å². The zero-order chi connectivity index (χ0) is 13.9. The predicted molar refractivity (Wildman–Crippen MR) is 78.8 cm³/mol. The Hall–Kier alpha value is -2.27. The summed E-state index contributed by atoms with van der Waals surface area (Å²) in [6.07, 6.45) is 2.36. The van der Waals surface area contributed by atoms with E-state index in [4.69, 9.17) is 5.11 Å². The molecule has 0 spiro atoms. The summed E-state index contributed by atoms with van der Waals surface area (Å²) in [6.45, 7) is 0. The van der Waals surface area contributed by atoms with Crippen LogP contribution in [0.15, 0.2) is 41.9 Å². The van der Waals surface area contributed by atoms with Gasteiger partial charge in [0, 0.05) is 28.9 Å². The summed E-state index contributed by atoms with van der Waals surface area (Å²) in [7, 11) is 0. The Labute approximate surface area is 119 Å². The van der Waals surface area contributed by atoms with Gasteiger partial charge in [-0.05, 0) is 24.3 Å². The van der Waals surface area contributed by atoms with Gasteiger partial charge >= 0.3 is 5.97 Å². The second-order valence-corrected chi connectivity index (χ2v) is 5.31. The van der Waals surface area contributed by atoms with Crippen molar-refractivity contribution in [3.63, 3.8) is 0 Å². The Balaban J connectivity index is 1.89. The first-order chi connectivity index (χ1) is 9.72. The molecular formula is C15H12N2O2S. The average molecular weight is 284 g/mol. The molecule has 0 atom stereocenters. The van der Waals surface area contributed by atoms with E-state index < -0.39 is 5.97 Å². The molecule has 5 heteroatoms. The lowest BCUT2D eigenvalue weighted by Crippen LogP contribution is -1.97. The van der Waals surface area contributed by atoms with E-state index in [-0.39, 0.29) is 6.42 Å². The van der Waals surface area contributed by atoms with Crippen LogP contribution in [-0.2, 0) is 11.2 Å². The third-order valence-electron chi connectivity index (χ3n) is 3.00. The van der Waals surface area contributed by atoms with Crippen LogP contribution in [-0.4, -0.2) is 21.0 Å². The van der Waals surface area contributed by atoms with E-state index in [1.165, 1.54) is 11.3 Å². The minimum absolute atomic E-state index is 0.116. The van der Waals surface area contributed by atoms with Crippen LogP contribution in [0.5, 0.6) is 0 Å². The zero-order valence-electron chi connectivity index (χ0n) is 10.6. The fraction of sp³-hybridized carbons (Fsp3) is 0.133. The van der Waals surface area contributed by atoms with Crippen LogP contribution in [0.2, 0.25) is 0 Å². The fourth-order valence-corrected chi connectivity index (χ4v) is 2.85. The van der Waals surface area contributed by atoms with E-state index in [1.807, 2.05) is 29.6 Å². The number of pyridine rings is 1. The van der Waals surface area contributed by atoms with Gasteiger partial charge in [0.25, 0.3) is 0 Å². The number of aromatic nitrogens is 2. The second kappa shape index (κ2) is 5.38. The molecule has 1 N–H and O–H groups in total. The monoisotopic (exact) mass is 284 g/mol. The molecule has 0 saturated heterocycles. The zero-order valence-corrected chi connectivity index (χ0v) is 11.4. The molecular weight excluding hydrogens is 272 g/mol. The second-order valence-electron chi connectivity index (χ2n) is 4.45. The lowest BCUT2D eigenvalue weighted by atomic mass is 10.1. The van der Waals surface area contributed by atoms with Crippen LogP contribution in [0.4, 0.5) is 0 Å². The summed E-state index contributed by atoms with van der Waals surface area (Å²) in [5, 5.41) is 12.6. The quantitative estimate of drug-likeness (QED) is 0.797. The van der Waals surface area contributed by atoms with E-state index in [0.717, 1.165) is 27.2 Å². The highest BCUT2D eigenvalue weighted by Gasteiger charge is 2.07. The van der Waals surface area contributed by atoms with Crippen molar-refractivity contribution in [3.8, 4) is 10.6 Å². The van der Waals surface area contributed by atoms with Crippen LogP contribution in [0.25, 0.3) is 21.5 Å². The van der Waals surface area contributed by atoms with Gasteiger partial charge in [0.05, 0.1) is 17.6 Å². The average Bonchev–Trinajstić information content (AvgIpc) is 2.93. The van der Waals surface area contributed by atoms with E-state index in [1.54, 1.807) is 6.20 Å². The van der Waals surface area contributed by atoms with Gasteiger partial charge in [0.1, 0.15) is 5.01 Å². The van der Waals surface area contributed by atoms with Gasteiger partial charge in [-0.15, -0.1) is 11.3 Å². The Morgan fingerprint density at radius 3 is 3.05 bits per heavy atom. The Morgan fingerprint density at radius 2 is 2.20 bits per heavy atom. The third-order valence-corrected chi connectivity index (χ3v) is 3.94. The Kier molecular flexibility index (Phi) is 3.43. The number of carboxylic acid groups (broad SMARTS) is 1. The summed E-state index contributed by atoms with van der Waals surface area (Å²) in [4.78, 5) is 19.3. The van der Waals surface area contributed by atoms with Gasteiger partial charge < -0.3 is 5.11 Å². The highest BCUT2D eigenvalue weighted by atomic mass is 32.1. The molecule has 2 aromatic heterocycles. The number of benzene rings is 1. The first-order valence-corrected chi connectivity index (χ1v) is 7.12. The van der Waals surface area contributed by atoms with Crippen LogP contribution in [0.1, 0.15) is 12.1 Å². The molecule has 0 bridgehead atoms. The molecule has 0 saturated carbocycles. The number of aryl methyl sites for hydroxylation is 1. The lowest BCUT2D eigenvalue weighted by molar-refractivity contribution is -0.136. The number of fused-ring (bicyclic) bond motifs is 1. The first-order valence-electron chi connectivity index (χ1n) is 6.24. The van der Waals surface area contributed by atoms with E-state index >= 15 is 0 Å². The summed E-state index contributed by atoms with van der Waals surface area (Å²) < 4.78 is 0. The molecule has 4 nitrogen and oxygen atoms in total. The van der Waals surface area contributed by atoms with Crippen molar-refractivity contribution in [2.45, 2.75) is 12.8 Å². The van der Waals surface area contributed by atoms with Crippen molar-refractivity contribution in [1.29, 1.82) is 0 Å². The molecule has 100 valence electrons. The summed E-state index contributed by atoms with van der Waals surface area (Å²) >= 11 is 1.54. The molecule has 1 aromatic carbocycles. The molecule has 20 heavy (non-hydrogen) atoms. The predicted octanol–water partition coefficient (Wildman–Crippen LogP) is 3.38. The number of nitrogens with zero attached hydrogens (tertiary/aromatic N) is 2. The van der Waals surface area contributed by atoms with Crippen molar-refractivity contribution >= 4 is 28.2 Å². The molecule has 0 amide bonds. The van der Waals surface area contributed by atoms with Crippen molar-refractivity contribution in [3.05, 3.63) is 47.6 Å². The molecule has 3 aromatic rings. The highest BCUT2D eigenvalue weighted by Crippen LogP contribution is 2.26. The lowest BCUT2D eigenvalue weighted by Gasteiger charge is -1.99. The van der Waals surface area contributed by atoms with E-state index in [9.17, 15) is 4.79 Å². The molecule has 3 rings (SSSR count). The number of carbonyl (C=O) groups is 1. The maximum absolute atomic E-state index is 10.6. The van der Waals surface area contributed by atoms with Crippen LogP contribution in [0, 0.1) is 0 Å². The summed E-state index contributed by atoms with van der Waals surface area (Å²) in [5.74, 6) is -0.795. The molecule has 0 aliphatic heterocycles. The van der Waals surface area contributed by atoms with Gasteiger partial charge in [0.15, 0.2) is 0 Å². The smallest absolute Gasteiger partial charge is 0.303 e. The number of rotatable bonds is 4. The topological polar surface area (TPSA) is 63.1 Å². The molecule has 0 aliphatic rings. The van der Waals surface area contributed by atoms with Gasteiger partial charge in [-0.1, -0.05) is 6.07 Å². The molecule has 0 unspecified atom stereocenters. The first kappa shape index (κ1) is 12.7. The van der Waals surface area contributed by atoms with E-state index in [2.05, 4.69) is 16.0 Å². The molecule has 2 heterocycles. The van der Waals surface area contributed by atoms with Crippen molar-refractivity contribution in [2.24, 2.45) is 0 Å². The van der Waals surface area contributed by atoms with Crippen LogP contribution < -0.4 is 0 Å². The number of thiazole rings is 1. The maximum atomic E-state index is 10.6. The van der Waals surface area contributed by atoms with Crippen molar-refractivity contribution in [1.82, 2.24) is 9.97 Å². The van der Waals surface area contributed by atoms with Crippen LogP contribution in [0.3, 0.4) is 0 Å². The molecule has 0 radical (unpaired) electrons. The number of hydrogen-bond acceptors (Lipinski definition) is 4. The van der Waals surface area contributed by atoms with Crippen molar-refractivity contribution in [2.75, 3.05) is 0 Å². The SMILES string of the molecule is O=C(O)CCc1csc(-c2ccc3ncccc3c2)n1. The third kappa shape index (κ3) is 2.67.